The number of hydrogen-bond acceptors (Lipinski definition) is 3. The molecule has 1 aromatic rings. The van der Waals surface area contributed by atoms with E-state index < -0.39 is 17.6 Å². The van der Waals surface area contributed by atoms with Gasteiger partial charge in [-0.3, -0.25) is 0 Å². The van der Waals surface area contributed by atoms with Gasteiger partial charge in [0, 0.05) is 5.56 Å². The lowest BCUT2D eigenvalue weighted by molar-refractivity contribution is -0.137. The Bertz CT molecular complexity index is 496. The predicted molar refractivity (Wildman–Crippen MR) is 62.2 cm³/mol. The molecule has 1 aliphatic carbocycles. The van der Waals surface area contributed by atoms with Crippen molar-refractivity contribution in [3.05, 3.63) is 29.3 Å². The van der Waals surface area contributed by atoms with Crippen LogP contribution in [0, 0.1) is 0 Å². The van der Waals surface area contributed by atoms with E-state index in [9.17, 15) is 13.2 Å². The number of nitrogens with two attached hydrogens (primary N) is 1. The SMILES string of the molecule is NC(=NO)c1ccc(OC2CCC2)cc1C(F)(F)F. The van der Waals surface area contributed by atoms with Gasteiger partial charge in [0.1, 0.15) is 5.75 Å². The zero-order chi connectivity index (χ0) is 14.0. The fourth-order valence-corrected chi connectivity index (χ4v) is 1.79. The molecule has 0 radical (unpaired) electrons. The first-order valence-electron chi connectivity index (χ1n) is 5.77. The van der Waals surface area contributed by atoms with Crippen LogP contribution in [0.2, 0.25) is 0 Å². The van der Waals surface area contributed by atoms with Crippen molar-refractivity contribution in [2.24, 2.45) is 10.9 Å². The van der Waals surface area contributed by atoms with E-state index >= 15 is 0 Å². The second-order valence-corrected chi connectivity index (χ2v) is 4.36. The normalized spacial score (nSPS) is 17.1. The Balaban J connectivity index is 2.35. The lowest BCUT2D eigenvalue weighted by Crippen LogP contribution is -2.25. The molecule has 0 saturated heterocycles. The molecule has 0 unspecified atom stereocenters. The maximum Gasteiger partial charge on any atom is 0.417 e. The molecule has 0 heterocycles. The third kappa shape index (κ3) is 2.91. The van der Waals surface area contributed by atoms with E-state index in [1.54, 1.807) is 0 Å². The Labute approximate surface area is 107 Å². The third-order valence-corrected chi connectivity index (χ3v) is 3.04. The highest BCUT2D eigenvalue weighted by Gasteiger charge is 2.35. The van der Waals surface area contributed by atoms with Crippen LogP contribution in [0.5, 0.6) is 5.75 Å². The van der Waals surface area contributed by atoms with E-state index in [2.05, 4.69) is 5.16 Å². The third-order valence-electron chi connectivity index (χ3n) is 3.04. The highest BCUT2D eigenvalue weighted by molar-refractivity contribution is 5.98. The number of amidine groups is 1. The summed E-state index contributed by atoms with van der Waals surface area (Å²) in [6.45, 7) is 0. The summed E-state index contributed by atoms with van der Waals surface area (Å²) >= 11 is 0. The van der Waals surface area contributed by atoms with Crippen molar-refractivity contribution in [2.75, 3.05) is 0 Å². The van der Waals surface area contributed by atoms with E-state index in [1.807, 2.05) is 0 Å². The van der Waals surface area contributed by atoms with Crippen molar-refractivity contribution in [2.45, 2.75) is 31.5 Å². The minimum atomic E-state index is -4.59. The Morgan fingerprint density at radius 2 is 2.05 bits per heavy atom. The van der Waals surface area contributed by atoms with Crippen LogP contribution in [0.15, 0.2) is 23.4 Å². The number of alkyl halides is 3. The van der Waals surface area contributed by atoms with E-state index in [0.717, 1.165) is 31.4 Å². The Morgan fingerprint density at radius 3 is 2.53 bits per heavy atom. The predicted octanol–water partition coefficient (Wildman–Crippen LogP) is 2.73. The molecule has 19 heavy (non-hydrogen) atoms. The Kier molecular flexibility index (Phi) is 3.55. The number of rotatable bonds is 3. The van der Waals surface area contributed by atoms with Crippen LogP contribution < -0.4 is 10.5 Å². The molecule has 3 N–H and O–H groups in total. The van der Waals surface area contributed by atoms with Gasteiger partial charge in [0.25, 0.3) is 0 Å². The molecule has 1 fully saturated rings. The van der Waals surface area contributed by atoms with Gasteiger partial charge >= 0.3 is 6.18 Å². The van der Waals surface area contributed by atoms with Crippen molar-refractivity contribution in [3.8, 4) is 5.75 Å². The molecule has 0 amide bonds. The van der Waals surface area contributed by atoms with Crippen LogP contribution in [0.25, 0.3) is 0 Å². The van der Waals surface area contributed by atoms with Gasteiger partial charge in [0.05, 0.1) is 11.7 Å². The summed E-state index contributed by atoms with van der Waals surface area (Å²) in [6, 6.07) is 3.42. The summed E-state index contributed by atoms with van der Waals surface area (Å²) in [5, 5.41) is 11.1. The van der Waals surface area contributed by atoms with Gasteiger partial charge in [-0.1, -0.05) is 5.16 Å². The number of ether oxygens (including phenoxy) is 1. The fraction of sp³-hybridized carbons (Fsp3) is 0.417. The quantitative estimate of drug-likeness (QED) is 0.385. The second-order valence-electron chi connectivity index (χ2n) is 4.36. The summed E-state index contributed by atoms with van der Waals surface area (Å²) in [4.78, 5) is 0. The average Bonchev–Trinajstić information content (AvgIpc) is 2.31. The van der Waals surface area contributed by atoms with E-state index in [-0.39, 0.29) is 17.4 Å². The molecule has 1 saturated carbocycles. The first-order valence-corrected chi connectivity index (χ1v) is 5.77. The topological polar surface area (TPSA) is 67.8 Å². The second kappa shape index (κ2) is 4.99. The van der Waals surface area contributed by atoms with Crippen LogP contribution in [-0.4, -0.2) is 17.1 Å². The highest BCUT2D eigenvalue weighted by Crippen LogP contribution is 2.35. The first-order chi connectivity index (χ1) is 8.91. The largest absolute Gasteiger partial charge is 0.490 e. The van der Waals surface area contributed by atoms with Crippen molar-refractivity contribution in [3.63, 3.8) is 0 Å². The van der Waals surface area contributed by atoms with Gasteiger partial charge in [-0.05, 0) is 37.5 Å². The molecule has 0 bridgehead atoms. The number of benzene rings is 1. The molecule has 1 aromatic carbocycles. The fourth-order valence-electron chi connectivity index (χ4n) is 1.79. The maximum atomic E-state index is 12.9. The standard InChI is InChI=1S/C12H13F3N2O2/c13-12(14,15)10-6-8(19-7-2-1-3-7)4-5-9(10)11(16)17-18/h4-7,18H,1-3H2,(H2,16,17). The average molecular weight is 274 g/mol. The molecule has 1 aliphatic rings. The van der Waals surface area contributed by atoms with Crippen molar-refractivity contribution >= 4 is 5.84 Å². The molecule has 0 aliphatic heterocycles. The smallest absolute Gasteiger partial charge is 0.417 e. The maximum absolute atomic E-state index is 12.9. The molecule has 0 spiro atoms. The van der Waals surface area contributed by atoms with Crippen LogP contribution in [0.3, 0.4) is 0 Å². The van der Waals surface area contributed by atoms with Crippen LogP contribution in [0.1, 0.15) is 30.4 Å². The molecule has 0 aromatic heterocycles. The van der Waals surface area contributed by atoms with Gasteiger partial charge in [-0.2, -0.15) is 13.2 Å². The van der Waals surface area contributed by atoms with Crippen LogP contribution >= 0.6 is 0 Å². The van der Waals surface area contributed by atoms with Gasteiger partial charge in [0.15, 0.2) is 5.84 Å². The zero-order valence-corrected chi connectivity index (χ0v) is 9.94. The number of oxime groups is 1. The van der Waals surface area contributed by atoms with Crippen molar-refractivity contribution < 1.29 is 23.1 Å². The molecule has 2 rings (SSSR count). The van der Waals surface area contributed by atoms with E-state index in [0.29, 0.717) is 0 Å². The lowest BCUT2D eigenvalue weighted by Gasteiger charge is -2.27. The molecule has 104 valence electrons. The summed E-state index contributed by atoms with van der Waals surface area (Å²) in [6.07, 6.45) is -1.88. The number of hydrogen-bond donors (Lipinski definition) is 2. The Hall–Kier alpha value is -1.92. The van der Waals surface area contributed by atoms with Gasteiger partial charge < -0.3 is 15.7 Å². The highest BCUT2D eigenvalue weighted by atomic mass is 19.4. The van der Waals surface area contributed by atoms with Crippen LogP contribution in [0.4, 0.5) is 13.2 Å². The summed E-state index contributed by atoms with van der Waals surface area (Å²) < 4.78 is 44.1. The Morgan fingerprint density at radius 1 is 1.37 bits per heavy atom. The van der Waals surface area contributed by atoms with E-state index in [4.69, 9.17) is 15.7 Å². The van der Waals surface area contributed by atoms with Crippen LogP contribution in [-0.2, 0) is 6.18 Å². The molecule has 7 heteroatoms. The van der Waals surface area contributed by atoms with Gasteiger partial charge in [-0.15, -0.1) is 0 Å². The molecular weight excluding hydrogens is 261 g/mol. The molecule has 4 nitrogen and oxygen atoms in total. The minimum Gasteiger partial charge on any atom is -0.490 e. The summed E-state index contributed by atoms with van der Waals surface area (Å²) in [7, 11) is 0. The number of nitrogens with zero attached hydrogens (tertiary/aromatic N) is 1. The van der Waals surface area contributed by atoms with Gasteiger partial charge in [-0.25, -0.2) is 0 Å². The number of halogens is 3. The lowest BCUT2D eigenvalue weighted by atomic mass is 9.96. The van der Waals surface area contributed by atoms with Crippen molar-refractivity contribution in [1.29, 1.82) is 0 Å². The summed E-state index contributed by atoms with van der Waals surface area (Å²) in [5.74, 6) is -0.436. The van der Waals surface area contributed by atoms with Gasteiger partial charge in [0.2, 0.25) is 0 Å². The van der Waals surface area contributed by atoms with E-state index in [1.165, 1.54) is 6.07 Å². The minimum absolute atomic E-state index is 0.0178. The molecular formula is C12H13F3N2O2. The molecule has 0 atom stereocenters. The summed E-state index contributed by atoms with van der Waals surface area (Å²) in [5.41, 5.74) is 3.90. The zero-order valence-electron chi connectivity index (χ0n) is 9.94. The first kappa shape index (κ1) is 13.5. The van der Waals surface area contributed by atoms with Crippen molar-refractivity contribution in [1.82, 2.24) is 0 Å². The monoisotopic (exact) mass is 274 g/mol.